The maximum atomic E-state index is 12.7. The van der Waals surface area contributed by atoms with Crippen LogP contribution >= 0.6 is 23.4 Å². The highest BCUT2D eigenvalue weighted by Gasteiger charge is 2.35. The molecule has 8 heteroatoms. The molecule has 19 heavy (non-hydrogen) atoms. The van der Waals surface area contributed by atoms with Gasteiger partial charge >= 0.3 is 6.18 Å². The molecule has 3 nitrogen and oxygen atoms in total. The normalized spacial score (nSPS) is 19.6. The van der Waals surface area contributed by atoms with Crippen LogP contribution in [-0.2, 0) is 6.18 Å². The van der Waals surface area contributed by atoms with Crippen molar-refractivity contribution in [3.63, 3.8) is 0 Å². The molecule has 1 aromatic rings. The molecule has 2 heterocycles. The molecule has 1 aliphatic heterocycles. The molecule has 1 saturated heterocycles. The highest BCUT2D eigenvalue weighted by molar-refractivity contribution is 8.00. The van der Waals surface area contributed by atoms with Crippen LogP contribution in [0.2, 0.25) is 5.28 Å². The second kappa shape index (κ2) is 5.01. The lowest BCUT2D eigenvalue weighted by molar-refractivity contribution is -0.141. The van der Waals surface area contributed by atoms with Crippen molar-refractivity contribution in [3.05, 3.63) is 17.0 Å². The molecule has 0 aromatic carbocycles. The van der Waals surface area contributed by atoms with E-state index in [0.717, 1.165) is 11.8 Å². The van der Waals surface area contributed by atoms with Crippen LogP contribution in [0.4, 0.5) is 19.0 Å². The summed E-state index contributed by atoms with van der Waals surface area (Å²) in [6.07, 6.45) is -4.51. The molecule has 0 spiro atoms. The second-order valence-corrected chi connectivity index (χ2v) is 7.05. The number of halogens is 4. The number of hydrogen-bond donors (Lipinski definition) is 0. The Bertz CT molecular complexity index is 479. The Hall–Kier alpha value is -0.690. The first kappa shape index (κ1) is 14.7. The molecule has 0 amide bonds. The average Bonchev–Trinajstić information content (AvgIpc) is 2.25. The van der Waals surface area contributed by atoms with E-state index in [1.807, 2.05) is 4.90 Å². The summed E-state index contributed by atoms with van der Waals surface area (Å²) in [7, 11) is 0. The molecule has 1 aromatic heterocycles. The fourth-order valence-electron chi connectivity index (χ4n) is 1.92. The van der Waals surface area contributed by atoms with E-state index in [4.69, 9.17) is 11.6 Å². The van der Waals surface area contributed by atoms with Crippen molar-refractivity contribution in [1.82, 2.24) is 9.97 Å². The average molecular weight is 312 g/mol. The summed E-state index contributed by atoms with van der Waals surface area (Å²) >= 11 is 7.38. The van der Waals surface area contributed by atoms with Gasteiger partial charge < -0.3 is 4.90 Å². The minimum atomic E-state index is -4.51. The van der Waals surface area contributed by atoms with Crippen LogP contribution in [-0.4, -0.2) is 33.6 Å². The number of anilines is 1. The highest BCUT2D eigenvalue weighted by Crippen LogP contribution is 2.34. The van der Waals surface area contributed by atoms with Gasteiger partial charge in [-0.3, -0.25) is 0 Å². The number of rotatable bonds is 1. The Balaban J connectivity index is 2.32. The van der Waals surface area contributed by atoms with Gasteiger partial charge in [-0.25, -0.2) is 9.97 Å². The summed E-state index contributed by atoms with van der Waals surface area (Å²) in [5, 5.41) is -0.374. The van der Waals surface area contributed by atoms with E-state index in [0.29, 0.717) is 13.1 Å². The molecule has 0 unspecified atom stereocenters. The first-order valence-corrected chi connectivity index (χ1v) is 7.04. The van der Waals surface area contributed by atoms with Gasteiger partial charge in [0.15, 0.2) is 5.69 Å². The molecule has 2 rings (SSSR count). The molecule has 0 saturated carbocycles. The SMILES string of the molecule is CC1(C)CN(c2cc(C(F)(F)F)nc(Cl)n2)CCS1. The van der Waals surface area contributed by atoms with E-state index in [1.165, 1.54) is 0 Å². The number of nitrogens with zero attached hydrogens (tertiary/aromatic N) is 3. The predicted octanol–water partition coefficient (Wildman–Crippen LogP) is 3.48. The zero-order valence-electron chi connectivity index (χ0n) is 10.5. The van der Waals surface area contributed by atoms with Gasteiger partial charge in [-0.2, -0.15) is 24.9 Å². The molecular formula is C11H13ClF3N3S. The van der Waals surface area contributed by atoms with E-state index in [9.17, 15) is 13.2 Å². The quantitative estimate of drug-likeness (QED) is 0.743. The molecular weight excluding hydrogens is 299 g/mol. The second-order valence-electron chi connectivity index (χ2n) is 4.91. The first-order valence-electron chi connectivity index (χ1n) is 5.68. The number of alkyl halides is 3. The van der Waals surface area contributed by atoms with Gasteiger partial charge in [-0.1, -0.05) is 0 Å². The van der Waals surface area contributed by atoms with E-state index in [1.54, 1.807) is 11.8 Å². The Morgan fingerprint density at radius 1 is 1.37 bits per heavy atom. The monoisotopic (exact) mass is 311 g/mol. The summed E-state index contributed by atoms with van der Waals surface area (Å²) in [5.41, 5.74) is -1.00. The molecule has 0 radical (unpaired) electrons. The van der Waals surface area contributed by atoms with Crippen molar-refractivity contribution in [3.8, 4) is 0 Å². The van der Waals surface area contributed by atoms with E-state index in [2.05, 4.69) is 23.8 Å². The lowest BCUT2D eigenvalue weighted by atomic mass is 10.2. The smallest absolute Gasteiger partial charge is 0.354 e. The Morgan fingerprint density at radius 2 is 2.05 bits per heavy atom. The Kier molecular flexibility index (Phi) is 3.88. The van der Waals surface area contributed by atoms with Crippen LogP contribution in [0.15, 0.2) is 6.07 Å². The van der Waals surface area contributed by atoms with Gasteiger partial charge in [-0.15, -0.1) is 0 Å². The van der Waals surface area contributed by atoms with Gasteiger partial charge in [0.05, 0.1) is 0 Å². The fourth-order valence-corrected chi connectivity index (χ4v) is 3.21. The number of thioether (sulfide) groups is 1. The maximum Gasteiger partial charge on any atom is 0.433 e. The zero-order chi connectivity index (χ0) is 14.3. The predicted molar refractivity (Wildman–Crippen MR) is 70.8 cm³/mol. The van der Waals surface area contributed by atoms with Gasteiger partial charge in [0.25, 0.3) is 0 Å². The van der Waals surface area contributed by atoms with Crippen molar-refractivity contribution in [2.75, 3.05) is 23.7 Å². The Morgan fingerprint density at radius 3 is 2.63 bits per heavy atom. The van der Waals surface area contributed by atoms with Gasteiger partial charge in [0.1, 0.15) is 5.82 Å². The standard InChI is InChI=1S/C11H13ClF3N3S/c1-10(2)6-18(3-4-19-10)8-5-7(11(13,14)15)16-9(12)17-8/h5H,3-4,6H2,1-2H3. The molecule has 106 valence electrons. The van der Waals surface area contributed by atoms with Crippen molar-refractivity contribution in [1.29, 1.82) is 0 Å². The first-order chi connectivity index (χ1) is 8.67. The molecule has 0 aliphatic carbocycles. The van der Waals surface area contributed by atoms with Crippen LogP contribution < -0.4 is 4.90 Å². The molecule has 1 fully saturated rings. The topological polar surface area (TPSA) is 29.0 Å². The van der Waals surface area contributed by atoms with E-state index in [-0.39, 0.29) is 15.8 Å². The van der Waals surface area contributed by atoms with Crippen molar-refractivity contribution in [2.24, 2.45) is 0 Å². The van der Waals surface area contributed by atoms with Gasteiger partial charge in [0.2, 0.25) is 5.28 Å². The highest BCUT2D eigenvalue weighted by atomic mass is 35.5. The molecule has 0 atom stereocenters. The summed E-state index contributed by atoms with van der Waals surface area (Å²) in [6, 6.07) is 0.956. The lowest BCUT2D eigenvalue weighted by Gasteiger charge is -2.38. The van der Waals surface area contributed by atoms with Crippen molar-refractivity contribution >= 4 is 29.2 Å². The van der Waals surface area contributed by atoms with Crippen LogP contribution in [0.1, 0.15) is 19.5 Å². The zero-order valence-corrected chi connectivity index (χ0v) is 12.0. The number of hydrogen-bond acceptors (Lipinski definition) is 4. The summed E-state index contributed by atoms with van der Waals surface area (Å²) in [6.45, 7) is 5.38. The number of aromatic nitrogens is 2. The summed E-state index contributed by atoms with van der Waals surface area (Å²) < 4.78 is 38.1. The van der Waals surface area contributed by atoms with E-state index < -0.39 is 11.9 Å². The van der Waals surface area contributed by atoms with Crippen molar-refractivity contribution in [2.45, 2.75) is 24.8 Å². The molecule has 0 bridgehead atoms. The van der Waals surface area contributed by atoms with Gasteiger partial charge in [-0.05, 0) is 25.4 Å². The summed E-state index contributed by atoms with van der Waals surface area (Å²) in [4.78, 5) is 8.96. The minimum absolute atomic E-state index is 0.0198. The minimum Gasteiger partial charge on any atom is -0.354 e. The third-order valence-electron chi connectivity index (χ3n) is 2.73. The lowest BCUT2D eigenvalue weighted by Crippen LogP contribution is -2.43. The fraction of sp³-hybridized carbons (Fsp3) is 0.636. The maximum absolute atomic E-state index is 12.7. The Labute approximate surface area is 118 Å². The van der Waals surface area contributed by atoms with Crippen LogP contribution in [0.25, 0.3) is 0 Å². The van der Waals surface area contributed by atoms with Crippen LogP contribution in [0.5, 0.6) is 0 Å². The third kappa shape index (κ3) is 3.66. The van der Waals surface area contributed by atoms with E-state index >= 15 is 0 Å². The van der Waals surface area contributed by atoms with Crippen LogP contribution in [0, 0.1) is 0 Å². The summed E-state index contributed by atoms with van der Waals surface area (Å²) in [5.74, 6) is 1.08. The third-order valence-corrected chi connectivity index (χ3v) is 4.19. The van der Waals surface area contributed by atoms with Gasteiger partial charge in [0, 0.05) is 29.7 Å². The van der Waals surface area contributed by atoms with Crippen molar-refractivity contribution < 1.29 is 13.2 Å². The largest absolute Gasteiger partial charge is 0.433 e. The molecule has 0 N–H and O–H groups in total. The molecule has 1 aliphatic rings. The van der Waals surface area contributed by atoms with Crippen LogP contribution in [0.3, 0.4) is 0 Å².